The first kappa shape index (κ1) is 27.6. The highest BCUT2D eigenvalue weighted by Gasteiger charge is 2.20. The van der Waals surface area contributed by atoms with Gasteiger partial charge in [0.2, 0.25) is 0 Å². The van der Waals surface area contributed by atoms with E-state index >= 15 is 0 Å². The van der Waals surface area contributed by atoms with Gasteiger partial charge in [0, 0.05) is 50.9 Å². The van der Waals surface area contributed by atoms with E-state index in [1.54, 1.807) is 7.11 Å². The summed E-state index contributed by atoms with van der Waals surface area (Å²) in [6, 6.07) is 24.0. The zero-order valence-electron chi connectivity index (χ0n) is 22.4. The van der Waals surface area contributed by atoms with Crippen LogP contribution < -0.4 is 20.0 Å². The Kier molecular flexibility index (Phi) is 8.97. The van der Waals surface area contributed by atoms with Crippen LogP contribution in [0, 0.1) is 6.92 Å². The largest absolute Gasteiger partial charge is 0.495 e. The van der Waals surface area contributed by atoms with Gasteiger partial charge in [-0.15, -0.1) is 12.4 Å². The number of hydrogen-bond donors (Lipinski definition) is 0. The molecule has 7 heteroatoms. The molecule has 38 heavy (non-hydrogen) atoms. The lowest BCUT2D eigenvalue weighted by atomic mass is 10.1. The molecule has 0 spiro atoms. The smallest absolute Gasteiger partial charge is 0.196 e. The first-order chi connectivity index (χ1) is 18.1. The summed E-state index contributed by atoms with van der Waals surface area (Å²) in [5, 5.41) is 0.633. The third-order valence-electron chi connectivity index (χ3n) is 7.34. The predicted molar refractivity (Wildman–Crippen MR) is 159 cm³/mol. The Morgan fingerprint density at radius 1 is 0.921 bits per heavy atom. The molecule has 5 rings (SSSR count). The summed E-state index contributed by atoms with van der Waals surface area (Å²) in [6.45, 7) is 7.81. The van der Waals surface area contributed by atoms with Crippen molar-refractivity contribution in [3.05, 3.63) is 88.6 Å². The highest BCUT2D eigenvalue weighted by atomic mass is 35.5. The fourth-order valence-corrected chi connectivity index (χ4v) is 5.22. The highest BCUT2D eigenvalue weighted by Crippen LogP contribution is 2.31. The molecule has 0 saturated carbocycles. The zero-order valence-corrected chi connectivity index (χ0v) is 23.2. The molecule has 0 N–H and O–H groups in total. The zero-order chi connectivity index (χ0) is 25.8. The fourth-order valence-electron chi connectivity index (χ4n) is 5.22. The van der Waals surface area contributed by atoms with Crippen LogP contribution in [0.5, 0.6) is 5.75 Å². The van der Waals surface area contributed by atoms with Crippen molar-refractivity contribution >= 4 is 34.8 Å². The van der Waals surface area contributed by atoms with Crippen LogP contribution in [0.4, 0.5) is 11.4 Å². The number of para-hydroxylation sites is 3. The number of methoxy groups -OCH3 is 1. The van der Waals surface area contributed by atoms with Crippen LogP contribution in [-0.2, 0) is 0 Å². The molecule has 1 aromatic heterocycles. The second-order valence-electron chi connectivity index (χ2n) is 9.68. The second-order valence-corrected chi connectivity index (χ2v) is 9.68. The van der Waals surface area contributed by atoms with Gasteiger partial charge in [-0.1, -0.05) is 48.5 Å². The lowest BCUT2D eigenvalue weighted by Gasteiger charge is -2.36. The van der Waals surface area contributed by atoms with Crippen molar-refractivity contribution in [1.29, 1.82) is 0 Å². The normalized spacial score (nSPS) is 13.8. The lowest BCUT2D eigenvalue weighted by molar-refractivity contribution is 0.255. The van der Waals surface area contributed by atoms with Crippen molar-refractivity contribution in [2.45, 2.75) is 13.3 Å². The van der Waals surface area contributed by atoms with E-state index in [4.69, 9.17) is 9.15 Å². The van der Waals surface area contributed by atoms with E-state index in [1.807, 2.05) is 67.6 Å². The molecular weight excluding hydrogens is 498 g/mol. The fraction of sp³-hybridized carbons (Fsp3) is 0.323. The Hall–Kier alpha value is -3.48. The average molecular weight is 534 g/mol. The van der Waals surface area contributed by atoms with Crippen molar-refractivity contribution in [2.75, 3.05) is 63.2 Å². The van der Waals surface area contributed by atoms with Crippen LogP contribution in [0.1, 0.15) is 12.0 Å². The number of rotatable bonds is 8. The van der Waals surface area contributed by atoms with E-state index in [0.717, 1.165) is 62.7 Å². The summed E-state index contributed by atoms with van der Waals surface area (Å²) in [5.41, 5.74) is 4.38. The minimum absolute atomic E-state index is 0. The number of hydrogen-bond acceptors (Lipinski definition) is 6. The van der Waals surface area contributed by atoms with Crippen LogP contribution in [0.2, 0.25) is 0 Å². The molecule has 2 heterocycles. The molecule has 0 atom stereocenters. The summed E-state index contributed by atoms with van der Waals surface area (Å²) in [6.07, 6.45) is 1.03. The molecule has 0 aliphatic carbocycles. The van der Waals surface area contributed by atoms with E-state index in [9.17, 15) is 4.79 Å². The SMILES string of the molecule is COc1ccccc1N1CCN(CCCN(C)c2cccc3c(=O)c(C)c(-c4ccccc4)oc23)CC1.Cl. The number of anilines is 2. The number of fused-ring (bicyclic) bond motifs is 1. The average Bonchev–Trinajstić information content (AvgIpc) is 2.95. The van der Waals surface area contributed by atoms with Gasteiger partial charge in [-0.3, -0.25) is 9.69 Å². The highest BCUT2D eigenvalue weighted by molar-refractivity contribution is 5.90. The number of benzene rings is 3. The molecule has 1 fully saturated rings. The van der Waals surface area contributed by atoms with Crippen molar-refractivity contribution in [2.24, 2.45) is 0 Å². The maximum Gasteiger partial charge on any atom is 0.196 e. The quantitative estimate of drug-likeness (QED) is 0.283. The summed E-state index contributed by atoms with van der Waals surface area (Å²) >= 11 is 0. The van der Waals surface area contributed by atoms with Gasteiger partial charge in [-0.05, 0) is 44.2 Å². The summed E-state index contributed by atoms with van der Waals surface area (Å²) in [5.74, 6) is 1.58. The minimum Gasteiger partial charge on any atom is -0.495 e. The molecule has 3 aromatic carbocycles. The van der Waals surface area contributed by atoms with E-state index in [1.165, 1.54) is 5.69 Å². The van der Waals surface area contributed by atoms with Crippen molar-refractivity contribution in [3.8, 4) is 17.1 Å². The maximum atomic E-state index is 13.2. The molecule has 1 saturated heterocycles. The molecule has 0 unspecified atom stereocenters. The Balaban J connectivity index is 0.00000336. The Morgan fingerprint density at radius 3 is 2.37 bits per heavy atom. The third-order valence-corrected chi connectivity index (χ3v) is 7.34. The number of ether oxygens (including phenoxy) is 1. The van der Waals surface area contributed by atoms with Crippen molar-refractivity contribution in [3.63, 3.8) is 0 Å². The molecule has 1 aliphatic rings. The number of halogens is 1. The Labute approximate surface area is 230 Å². The van der Waals surface area contributed by atoms with E-state index in [0.29, 0.717) is 22.3 Å². The topological polar surface area (TPSA) is 49.2 Å². The Morgan fingerprint density at radius 2 is 1.63 bits per heavy atom. The van der Waals surface area contributed by atoms with Gasteiger partial charge >= 0.3 is 0 Å². The summed E-state index contributed by atoms with van der Waals surface area (Å²) in [4.78, 5) is 20.3. The predicted octanol–water partition coefficient (Wildman–Crippen LogP) is 5.85. The molecule has 200 valence electrons. The monoisotopic (exact) mass is 533 g/mol. The summed E-state index contributed by atoms with van der Waals surface area (Å²) < 4.78 is 12.0. The first-order valence-electron chi connectivity index (χ1n) is 13.0. The Bertz CT molecular complexity index is 1420. The second kappa shape index (κ2) is 12.4. The standard InChI is InChI=1S/C31H35N3O3.ClH/c1-23-29(35)25-13-9-15-27(31(25)37-30(23)24-11-5-4-6-12-24)32(2)17-10-18-33-19-21-34(22-20-33)26-14-7-8-16-28(26)36-3;/h4-9,11-16H,10,17-22H2,1-3H3;1H. The van der Waals surface area contributed by atoms with Crippen LogP contribution in [0.25, 0.3) is 22.3 Å². The maximum absolute atomic E-state index is 13.2. The summed E-state index contributed by atoms with van der Waals surface area (Å²) in [7, 11) is 3.81. The van der Waals surface area contributed by atoms with Gasteiger partial charge in [0.05, 0.1) is 23.9 Å². The minimum atomic E-state index is 0. The van der Waals surface area contributed by atoms with E-state index in [2.05, 4.69) is 33.9 Å². The van der Waals surface area contributed by atoms with Crippen LogP contribution in [-0.4, -0.2) is 58.3 Å². The van der Waals surface area contributed by atoms with E-state index in [-0.39, 0.29) is 17.8 Å². The van der Waals surface area contributed by atoms with Gasteiger partial charge < -0.3 is 19.0 Å². The van der Waals surface area contributed by atoms with Gasteiger partial charge in [-0.2, -0.15) is 0 Å². The van der Waals surface area contributed by atoms with Gasteiger partial charge in [0.1, 0.15) is 11.5 Å². The van der Waals surface area contributed by atoms with Crippen molar-refractivity contribution in [1.82, 2.24) is 4.90 Å². The molecule has 0 radical (unpaired) electrons. The van der Waals surface area contributed by atoms with Crippen LogP contribution >= 0.6 is 12.4 Å². The van der Waals surface area contributed by atoms with Crippen LogP contribution in [0.3, 0.4) is 0 Å². The van der Waals surface area contributed by atoms with Gasteiger partial charge in [-0.25, -0.2) is 0 Å². The molecule has 1 aliphatic heterocycles. The molecule has 0 bridgehead atoms. The molecule has 6 nitrogen and oxygen atoms in total. The molecule has 4 aromatic rings. The number of nitrogens with zero attached hydrogens (tertiary/aromatic N) is 3. The van der Waals surface area contributed by atoms with Crippen molar-refractivity contribution < 1.29 is 9.15 Å². The molecular formula is C31H36ClN3O3. The first-order valence-corrected chi connectivity index (χ1v) is 13.0. The molecule has 0 amide bonds. The van der Waals surface area contributed by atoms with Gasteiger partial charge in [0.15, 0.2) is 11.0 Å². The van der Waals surface area contributed by atoms with Crippen LogP contribution in [0.15, 0.2) is 82.0 Å². The lowest BCUT2D eigenvalue weighted by Crippen LogP contribution is -2.47. The third kappa shape index (κ3) is 5.66. The van der Waals surface area contributed by atoms with E-state index < -0.39 is 0 Å². The van der Waals surface area contributed by atoms with Gasteiger partial charge in [0.25, 0.3) is 0 Å². The number of piperazine rings is 1.